The topological polar surface area (TPSA) is 78.9 Å². The molecule has 1 aliphatic heterocycles. The lowest BCUT2D eigenvalue weighted by Crippen LogP contribution is -2.47. The highest BCUT2D eigenvalue weighted by Crippen LogP contribution is 2.16. The smallest absolute Gasteiger partial charge is 0.323 e. The normalized spacial score (nSPS) is 23.0. The van der Waals surface area contributed by atoms with Gasteiger partial charge in [-0.2, -0.15) is 0 Å². The predicted molar refractivity (Wildman–Crippen MR) is 66.3 cm³/mol. The second kappa shape index (κ2) is 7.33. The molecule has 0 saturated carbocycles. The first-order valence-corrected chi connectivity index (χ1v) is 6.41. The minimum absolute atomic E-state index is 0.000273. The molecule has 0 aromatic carbocycles. The van der Waals surface area contributed by atoms with Crippen molar-refractivity contribution in [2.75, 3.05) is 32.8 Å². The zero-order valence-corrected chi connectivity index (χ0v) is 11.0. The van der Waals surface area contributed by atoms with Crippen LogP contribution in [0.1, 0.15) is 20.3 Å². The summed E-state index contributed by atoms with van der Waals surface area (Å²) in [6.07, 6.45) is 0.990. The Hall–Kier alpha value is -1.14. The minimum atomic E-state index is -0.984. The highest BCUT2D eigenvalue weighted by atomic mass is 16.5. The molecule has 1 aliphatic rings. The number of rotatable bonds is 7. The van der Waals surface area contributed by atoms with Crippen LogP contribution >= 0.6 is 0 Å². The van der Waals surface area contributed by atoms with E-state index in [4.69, 9.17) is 9.84 Å². The average molecular weight is 258 g/mol. The Balaban J connectivity index is 2.59. The number of ether oxygens (including phenoxy) is 1. The van der Waals surface area contributed by atoms with Crippen molar-refractivity contribution < 1.29 is 19.4 Å². The molecule has 2 atom stereocenters. The van der Waals surface area contributed by atoms with Crippen LogP contribution < -0.4 is 5.32 Å². The molecule has 0 spiro atoms. The first-order chi connectivity index (χ1) is 8.60. The third-order valence-electron chi connectivity index (χ3n) is 3.07. The number of hydrogen-bond donors (Lipinski definition) is 2. The van der Waals surface area contributed by atoms with Crippen LogP contribution in [0.4, 0.5) is 0 Å². The SMILES string of the molecule is CCCNC1COCC1C(=O)N(CC)CC(=O)O. The van der Waals surface area contributed by atoms with Crippen LogP contribution in [-0.2, 0) is 14.3 Å². The molecular weight excluding hydrogens is 236 g/mol. The number of nitrogens with zero attached hydrogens (tertiary/aromatic N) is 1. The summed E-state index contributed by atoms with van der Waals surface area (Å²) in [6, 6.07) is 0.000273. The fraction of sp³-hybridized carbons (Fsp3) is 0.833. The molecule has 1 saturated heterocycles. The largest absolute Gasteiger partial charge is 0.480 e. The van der Waals surface area contributed by atoms with Crippen LogP contribution in [0.15, 0.2) is 0 Å². The lowest BCUT2D eigenvalue weighted by atomic mass is 10.0. The van der Waals surface area contributed by atoms with Crippen molar-refractivity contribution in [3.63, 3.8) is 0 Å². The summed E-state index contributed by atoms with van der Waals surface area (Å²) in [4.78, 5) is 24.3. The average Bonchev–Trinajstić information content (AvgIpc) is 2.80. The maximum Gasteiger partial charge on any atom is 0.323 e. The number of carbonyl (C=O) groups is 2. The molecule has 1 heterocycles. The Kier molecular flexibility index (Phi) is 6.07. The zero-order valence-electron chi connectivity index (χ0n) is 11.0. The quantitative estimate of drug-likeness (QED) is 0.668. The third-order valence-corrected chi connectivity index (χ3v) is 3.07. The van der Waals surface area contributed by atoms with E-state index in [-0.39, 0.29) is 24.4 Å². The highest BCUT2D eigenvalue weighted by Gasteiger charge is 2.36. The van der Waals surface area contributed by atoms with Crippen LogP contribution in [0.25, 0.3) is 0 Å². The van der Waals surface area contributed by atoms with E-state index in [1.807, 2.05) is 0 Å². The summed E-state index contributed by atoms with van der Waals surface area (Å²) < 4.78 is 5.33. The fourth-order valence-corrected chi connectivity index (χ4v) is 2.07. The number of aliphatic carboxylic acids is 1. The van der Waals surface area contributed by atoms with Crippen LogP contribution in [0.2, 0.25) is 0 Å². The van der Waals surface area contributed by atoms with Gasteiger partial charge in [0.05, 0.1) is 19.1 Å². The van der Waals surface area contributed by atoms with E-state index < -0.39 is 5.97 Å². The molecule has 2 unspecified atom stereocenters. The van der Waals surface area contributed by atoms with Gasteiger partial charge in [0.1, 0.15) is 6.54 Å². The first kappa shape index (κ1) is 14.9. The van der Waals surface area contributed by atoms with Crippen LogP contribution in [0.5, 0.6) is 0 Å². The number of likely N-dealkylation sites (N-methyl/N-ethyl adjacent to an activating group) is 1. The van der Waals surface area contributed by atoms with E-state index in [1.165, 1.54) is 4.90 Å². The summed E-state index contributed by atoms with van der Waals surface area (Å²) in [7, 11) is 0. The molecule has 18 heavy (non-hydrogen) atoms. The molecule has 6 nitrogen and oxygen atoms in total. The van der Waals surface area contributed by atoms with Crippen molar-refractivity contribution in [2.45, 2.75) is 26.3 Å². The van der Waals surface area contributed by atoms with E-state index in [0.29, 0.717) is 19.8 Å². The van der Waals surface area contributed by atoms with Crippen molar-refractivity contribution in [1.82, 2.24) is 10.2 Å². The van der Waals surface area contributed by atoms with Gasteiger partial charge in [-0.15, -0.1) is 0 Å². The van der Waals surface area contributed by atoms with Gasteiger partial charge >= 0.3 is 5.97 Å². The van der Waals surface area contributed by atoms with E-state index in [9.17, 15) is 9.59 Å². The number of carboxylic acid groups (broad SMARTS) is 1. The number of carboxylic acids is 1. The highest BCUT2D eigenvalue weighted by molar-refractivity contribution is 5.84. The maximum absolute atomic E-state index is 12.2. The van der Waals surface area contributed by atoms with Crippen molar-refractivity contribution in [3.8, 4) is 0 Å². The molecule has 0 aromatic rings. The number of hydrogen-bond acceptors (Lipinski definition) is 4. The van der Waals surface area contributed by atoms with E-state index >= 15 is 0 Å². The molecule has 0 bridgehead atoms. The van der Waals surface area contributed by atoms with Crippen LogP contribution in [0.3, 0.4) is 0 Å². The maximum atomic E-state index is 12.2. The Bertz CT molecular complexity index is 296. The molecule has 104 valence electrons. The van der Waals surface area contributed by atoms with Gasteiger partial charge in [-0.3, -0.25) is 9.59 Å². The monoisotopic (exact) mass is 258 g/mol. The molecule has 2 N–H and O–H groups in total. The molecular formula is C12H22N2O4. The van der Waals surface area contributed by atoms with Crippen molar-refractivity contribution in [3.05, 3.63) is 0 Å². The molecule has 6 heteroatoms. The van der Waals surface area contributed by atoms with E-state index in [0.717, 1.165) is 13.0 Å². The predicted octanol–water partition coefficient (Wildman–Crippen LogP) is -0.0659. The second-order valence-corrected chi connectivity index (χ2v) is 4.45. The van der Waals surface area contributed by atoms with Gasteiger partial charge in [0.15, 0.2) is 0 Å². The van der Waals surface area contributed by atoms with Crippen LogP contribution in [-0.4, -0.2) is 60.8 Å². The van der Waals surface area contributed by atoms with Gasteiger partial charge in [-0.25, -0.2) is 0 Å². The van der Waals surface area contributed by atoms with Gasteiger partial charge < -0.3 is 20.1 Å². The lowest BCUT2D eigenvalue weighted by Gasteiger charge is -2.25. The van der Waals surface area contributed by atoms with Crippen molar-refractivity contribution in [2.24, 2.45) is 5.92 Å². The molecule has 1 fully saturated rings. The molecule has 0 radical (unpaired) electrons. The summed E-state index contributed by atoms with van der Waals surface area (Å²) in [6.45, 7) is 5.72. The fourth-order valence-electron chi connectivity index (χ4n) is 2.07. The summed E-state index contributed by atoms with van der Waals surface area (Å²) in [5.74, 6) is -1.39. The number of nitrogens with one attached hydrogen (secondary N) is 1. The number of amides is 1. The first-order valence-electron chi connectivity index (χ1n) is 6.41. The lowest BCUT2D eigenvalue weighted by molar-refractivity contribution is -0.146. The van der Waals surface area contributed by atoms with E-state index in [2.05, 4.69) is 12.2 Å². The summed E-state index contributed by atoms with van der Waals surface area (Å²) >= 11 is 0. The molecule has 1 amide bonds. The standard InChI is InChI=1S/C12H22N2O4/c1-3-5-13-10-8-18-7-9(10)12(17)14(4-2)6-11(15)16/h9-10,13H,3-8H2,1-2H3,(H,15,16). The van der Waals surface area contributed by atoms with Crippen molar-refractivity contribution >= 4 is 11.9 Å². The Labute approximate surface area is 107 Å². The Morgan fingerprint density at radius 3 is 2.67 bits per heavy atom. The third kappa shape index (κ3) is 3.96. The van der Waals surface area contributed by atoms with Crippen LogP contribution in [0, 0.1) is 5.92 Å². The van der Waals surface area contributed by atoms with Gasteiger partial charge in [0.25, 0.3) is 0 Å². The summed E-state index contributed by atoms with van der Waals surface area (Å²) in [5, 5.41) is 12.0. The van der Waals surface area contributed by atoms with E-state index in [1.54, 1.807) is 6.92 Å². The molecule has 1 rings (SSSR count). The second-order valence-electron chi connectivity index (χ2n) is 4.45. The van der Waals surface area contributed by atoms with Gasteiger partial charge in [-0.1, -0.05) is 6.92 Å². The van der Waals surface area contributed by atoms with Gasteiger partial charge in [-0.05, 0) is 19.9 Å². The van der Waals surface area contributed by atoms with Gasteiger partial charge in [0, 0.05) is 12.6 Å². The molecule has 0 aliphatic carbocycles. The number of carbonyl (C=O) groups excluding carboxylic acids is 1. The minimum Gasteiger partial charge on any atom is -0.480 e. The summed E-state index contributed by atoms with van der Waals surface area (Å²) in [5.41, 5.74) is 0. The van der Waals surface area contributed by atoms with Crippen molar-refractivity contribution in [1.29, 1.82) is 0 Å². The van der Waals surface area contributed by atoms with Gasteiger partial charge in [0.2, 0.25) is 5.91 Å². The Morgan fingerprint density at radius 1 is 1.39 bits per heavy atom. The zero-order chi connectivity index (χ0) is 13.5. The Morgan fingerprint density at radius 2 is 2.11 bits per heavy atom. The molecule has 0 aromatic heterocycles.